The lowest BCUT2D eigenvalue weighted by molar-refractivity contribution is -0.137. The highest BCUT2D eigenvalue weighted by atomic mass is 32.2. The molecule has 0 aliphatic rings. The molecule has 0 heterocycles. The van der Waals surface area contributed by atoms with Crippen LogP contribution in [0.1, 0.15) is 49.9 Å². The van der Waals surface area contributed by atoms with E-state index in [2.05, 4.69) is 4.72 Å². The average molecular weight is 427 g/mol. The van der Waals surface area contributed by atoms with Crippen LogP contribution in [0.4, 0.5) is 13.2 Å². The molecule has 2 rings (SSSR count). The smallest absolute Gasteiger partial charge is 0.305 e. The Hall–Kier alpha value is -2.03. The Morgan fingerprint density at radius 3 is 2.17 bits per heavy atom. The number of rotatable bonds is 6. The summed E-state index contributed by atoms with van der Waals surface area (Å²) in [6.45, 7) is 8.31. The monoisotopic (exact) mass is 427 g/mol. The van der Waals surface area contributed by atoms with Gasteiger partial charge in [0.15, 0.2) is 11.6 Å². The standard InChI is InChI=1S/C21H24F3NO3S/c1-11-6-14(22)7-12(2)19(11)13-8-15(20(24)16(23)9-13)17(10-18(26)27)25-29(28)21(3,4)5/h6-9,17,25H,10H2,1-5H3,(H,26,27). The molecule has 2 aromatic rings. The zero-order valence-electron chi connectivity index (χ0n) is 16.9. The lowest BCUT2D eigenvalue weighted by Gasteiger charge is -2.28. The van der Waals surface area contributed by atoms with Crippen molar-refractivity contribution in [1.82, 2.24) is 4.72 Å². The molecule has 29 heavy (non-hydrogen) atoms. The first-order valence-corrected chi connectivity index (χ1v) is 10.1. The third-order valence-corrected chi connectivity index (χ3v) is 6.01. The Kier molecular flexibility index (Phi) is 7.03. The number of nitrogens with one attached hydrogen (secondary N) is 1. The van der Waals surface area contributed by atoms with Crippen LogP contribution in [0.25, 0.3) is 11.1 Å². The highest BCUT2D eigenvalue weighted by Gasteiger charge is 2.33. The first-order valence-electron chi connectivity index (χ1n) is 8.97. The van der Waals surface area contributed by atoms with Gasteiger partial charge in [0.25, 0.3) is 0 Å². The summed E-state index contributed by atoms with van der Waals surface area (Å²) < 4.78 is 57.1. The molecule has 158 valence electrons. The topological polar surface area (TPSA) is 72.4 Å². The number of carboxylic acid groups (broad SMARTS) is 1. The molecule has 2 unspecified atom stereocenters. The van der Waals surface area contributed by atoms with E-state index in [4.69, 9.17) is 0 Å². The van der Waals surface area contributed by atoms with Crippen molar-refractivity contribution in [3.63, 3.8) is 0 Å². The number of aryl methyl sites for hydroxylation is 2. The predicted molar refractivity (Wildman–Crippen MR) is 107 cm³/mol. The molecular weight excluding hydrogens is 403 g/mol. The maximum atomic E-state index is 14.6. The van der Waals surface area contributed by atoms with Crippen molar-refractivity contribution in [3.8, 4) is 11.1 Å². The van der Waals surface area contributed by atoms with Crippen LogP contribution in [0, 0.1) is 31.3 Å². The van der Waals surface area contributed by atoms with Crippen molar-refractivity contribution in [2.45, 2.75) is 51.8 Å². The summed E-state index contributed by atoms with van der Waals surface area (Å²) in [4.78, 5) is 11.3. The normalized spacial score (nSPS) is 14.0. The Labute approximate surface area is 171 Å². The molecule has 0 aliphatic carbocycles. The second-order valence-corrected chi connectivity index (χ2v) is 9.92. The number of carboxylic acids is 1. The zero-order valence-corrected chi connectivity index (χ0v) is 17.7. The minimum Gasteiger partial charge on any atom is -0.598 e. The second kappa shape index (κ2) is 8.77. The number of aliphatic carboxylic acids is 1. The highest BCUT2D eigenvalue weighted by Crippen LogP contribution is 2.34. The summed E-state index contributed by atoms with van der Waals surface area (Å²) in [5, 5.41) is 9.23. The number of carbonyl (C=O) groups is 1. The lowest BCUT2D eigenvalue weighted by Crippen LogP contribution is -2.42. The van der Waals surface area contributed by atoms with E-state index < -0.39 is 52.0 Å². The molecule has 4 nitrogen and oxygen atoms in total. The van der Waals surface area contributed by atoms with Gasteiger partial charge in [-0.05, 0) is 81.1 Å². The van der Waals surface area contributed by atoms with Gasteiger partial charge in [0.2, 0.25) is 0 Å². The molecule has 0 bridgehead atoms. The van der Waals surface area contributed by atoms with Crippen LogP contribution in [-0.2, 0) is 16.2 Å². The summed E-state index contributed by atoms with van der Waals surface area (Å²) in [5.41, 5.74) is 1.62. The van der Waals surface area contributed by atoms with Crippen LogP contribution in [0.15, 0.2) is 24.3 Å². The van der Waals surface area contributed by atoms with Crippen molar-refractivity contribution < 1.29 is 27.6 Å². The van der Waals surface area contributed by atoms with Crippen molar-refractivity contribution in [2.75, 3.05) is 0 Å². The SMILES string of the molecule is Cc1cc(F)cc(C)c1-c1cc(F)c(F)c(C(CC(=O)O)N[S+]([O-])C(C)(C)C)c1. The van der Waals surface area contributed by atoms with Gasteiger partial charge in [-0.1, -0.05) is 0 Å². The minimum absolute atomic E-state index is 0.247. The van der Waals surface area contributed by atoms with E-state index in [0.29, 0.717) is 16.7 Å². The van der Waals surface area contributed by atoms with Crippen LogP contribution in [0.3, 0.4) is 0 Å². The summed E-state index contributed by atoms with van der Waals surface area (Å²) in [7, 11) is 0. The van der Waals surface area contributed by atoms with Gasteiger partial charge >= 0.3 is 5.97 Å². The van der Waals surface area contributed by atoms with E-state index in [9.17, 15) is 27.6 Å². The maximum absolute atomic E-state index is 14.6. The molecule has 2 aromatic carbocycles. The van der Waals surface area contributed by atoms with E-state index in [1.165, 1.54) is 18.2 Å². The Morgan fingerprint density at radius 1 is 1.14 bits per heavy atom. The highest BCUT2D eigenvalue weighted by molar-refractivity contribution is 7.90. The summed E-state index contributed by atoms with van der Waals surface area (Å²) in [6.07, 6.45) is -0.594. The van der Waals surface area contributed by atoms with E-state index in [0.717, 1.165) is 6.07 Å². The number of hydrogen-bond donors (Lipinski definition) is 2. The predicted octanol–water partition coefficient (Wildman–Crippen LogP) is 4.96. The fourth-order valence-corrected chi connectivity index (χ4v) is 3.89. The van der Waals surface area contributed by atoms with E-state index in [-0.39, 0.29) is 11.1 Å². The van der Waals surface area contributed by atoms with Crippen molar-refractivity contribution >= 4 is 17.3 Å². The van der Waals surface area contributed by atoms with E-state index >= 15 is 0 Å². The summed E-state index contributed by atoms with van der Waals surface area (Å²) in [5.74, 6) is -4.08. The van der Waals surface area contributed by atoms with Crippen LogP contribution >= 0.6 is 0 Å². The molecule has 0 aliphatic heterocycles. The van der Waals surface area contributed by atoms with Gasteiger partial charge < -0.3 is 9.66 Å². The molecule has 0 amide bonds. The number of benzene rings is 2. The molecule has 2 atom stereocenters. The van der Waals surface area contributed by atoms with Crippen molar-refractivity contribution in [3.05, 3.63) is 58.4 Å². The molecule has 0 saturated heterocycles. The summed E-state index contributed by atoms with van der Waals surface area (Å²) >= 11 is -1.71. The fraction of sp³-hybridized carbons (Fsp3) is 0.381. The maximum Gasteiger partial charge on any atom is 0.305 e. The van der Waals surface area contributed by atoms with Crippen LogP contribution in [0.2, 0.25) is 0 Å². The molecule has 0 saturated carbocycles. The Bertz CT molecular complexity index is 905. The van der Waals surface area contributed by atoms with E-state index in [1.807, 2.05) is 0 Å². The minimum atomic E-state index is -1.71. The van der Waals surface area contributed by atoms with Gasteiger partial charge in [-0.2, -0.15) is 0 Å². The number of halogens is 3. The largest absolute Gasteiger partial charge is 0.598 e. The van der Waals surface area contributed by atoms with Crippen molar-refractivity contribution in [1.29, 1.82) is 0 Å². The van der Waals surface area contributed by atoms with E-state index in [1.54, 1.807) is 34.6 Å². The Morgan fingerprint density at radius 2 is 1.69 bits per heavy atom. The van der Waals surface area contributed by atoms with Crippen LogP contribution < -0.4 is 4.72 Å². The number of hydrogen-bond acceptors (Lipinski definition) is 3. The third-order valence-electron chi connectivity index (χ3n) is 4.40. The van der Waals surface area contributed by atoms with Crippen molar-refractivity contribution in [2.24, 2.45) is 0 Å². The average Bonchev–Trinajstić information content (AvgIpc) is 2.54. The van der Waals surface area contributed by atoms with Crippen LogP contribution in [0.5, 0.6) is 0 Å². The van der Waals surface area contributed by atoms with Gasteiger partial charge in [-0.15, -0.1) is 4.72 Å². The summed E-state index contributed by atoms with van der Waals surface area (Å²) in [6, 6.07) is 3.66. The first kappa shape index (κ1) is 23.3. The zero-order chi connectivity index (χ0) is 22.1. The van der Waals surface area contributed by atoms with Gasteiger partial charge in [0.1, 0.15) is 10.6 Å². The first-order chi connectivity index (χ1) is 13.3. The molecule has 8 heteroatoms. The molecular formula is C21H24F3NO3S. The lowest BCUT2D eigenvalue weighted by atomic mass is 9.92. The molecule has 0 radical (unpaired) electrons. The van der Waals surface area contributed by atoms with Gasteiger partial charge in [0, 0.05) is 16.9 Å². The molecule has 0 fully saturated rings. The van der Waals surface area contributed by atoms with Gasteiger partial charge in [0.05, 0.1) is 12.5 Å². The fourth-order valence-electron chi connectivity index (χ4n) is 3.07. The van der Waals surface area contributed by atoms with Gasteiger partial charge in [-0.3, -0.25) is 4.79 Å². The third kappa shape index (κ3) is 5.52. The molecule has 0 aromatic heterocycles. The quantitative estimate of drug-likeness (QED) is 0.640. The second-order valence-electron chi connectivity index (χ2n) is 7.93. The Balaban J connectivity index is 2.62. The molecule has 2 N–H and O–H groups in total. The van der Waals surface area contributed by atoms with Gasteiger partial charge in [-0.25, -0.2) is 13.2 Å². The molecule has 0 spiro atoms. The van der Waals surface area contributed by atoms with Crippen LogP contribution in [-0.4, -0.2) is 20.4 Å².